The van der Waals surface area contributed by atoms with Gasteiger partial charge in [-0.3, -0.25) is 0 Å². The first-order chi connectivity index (χ1) is 8.55. The van der Waals surface area contributed by atoms with Gasteiger partial charge >= 0.3 is 0 Å². The second-order valence-corrected chi connectivity index (χ2v) is 6.67. The summed E-state index contributed by atoms with van der Waals surface area (Å²) in [5.41, 5.74) is 0. The second-order valence-electron chi connectivity index (χ2n) is 4.20. The van der Waals surface area contributed by atoms with Crippen molar-refractivity contribution in [1.82, 2.24) is 5.32 Å². The van der Waals surface area contributed by atoms with Crippen LogP contribution in [0, 0.1) is 0 Å². The summed E-state index contributed by atoms with van der Waals surface area (Å²) >= 11 is 0. The van der Waals surface area contributed by atoms with E-state index in [1.807, 2.05) is 6.92 Å². The van der Waals surface area contributed by atoms with Gasteiger partial charge in [0.15, 0.2) is 0 Å². The second kappa shape index (κ2) is 10.7. The van der Waals surface area contributed by atoms with Crippen molar-refractivity contribution in [2.45, 2.75) is 32.7 Å². The lowest BCUT2D eigenvalue weighted by atomic mass is 10.2. The maximum Gasteiger partial charge on any atom is 0.150 e. The fraction of sp³-hybridized carbons (Fsp3) is 1.00. The van der Waals surface area contributed by atoms with Crippen molar-refractivity contribution >= 4 is 9.84 Å². The first kappa shape index (κ1) is 17.8. The predicted octanol–water partition coefficient (Wildman–Crippen LogP) is 0.842. The molecule has 0 saturated heterocycles. The van der Waals surface area contributed by atoms with Gasteiger partial charge in [0.2, 0.25) is 0 Å². The molecule has 1 atom stereocenters. The molecule has 0 heterocycles. The Morgan fingerprint density at radius 3 is 2.50 bits per heavy atom. The van der Waals surface area contributed by atoms with Crippen LogP contribution in [0.2, 0.25) is 0 Å². The zero-order valence-corrected chi connectivity index (χ0v) is 12.6. The summed E-state index contributed by atoms with van der Waals surface area (Å²) in [5.74, 6) is 0.493. The fourth-order valence-electron chi connectivity index (χ4n) is 1.59. The Hall–Kier alpha value is -0.170. The van der Waals surface area contributed by atoms with Crippen LogP contribution >= 0.6 is 0 Å². The van der Waals surface area contributed by atoms with Crippen molar-refractivity contribution < 1.29 is 17.9 Å². The van der Waals surface area contributed by atoms with E-state index in [-0.39, 0.29) is 17.5 Å². The van der Waals surface area contributed by atoms with Crippen LogP contribution in [0.15, 0.2) is 0 Å². The van der Waals surface area contributed by atoms with E-state index < -0.39 is 9.84 Å². The molecule has 0 aromatic heterocycles. The molecule has 0 amide bonds. The first-order valence-electron chi connectivity index (χ1n) is 6.56. The summed E-state index contributed by atoms with van der Waals surface area (Å²) in [7, 11) is -1.21. The zero-order valence-electron chi connectivity index (χ0n) is 11.8. The summed E-state index contributed by atoms with van der Waals surface area (Å²) < 4.78 is 33.1. The van der Waals surface area contributed by atoms with Crippen molar-refractivity contribution in [3.05, 3.63) is 0 Å². The van der Waals surface area contributed by atoms with E-state index in [4.69, 9.17) is 9.47 Å². The predicted molar refractivity (Wildman–Crippen MR) is 73.7 cm³/mol. The van der Waals surface area contributed by atoms with E-state index in [0.717, 1.165) is 13.0 Å². The highest BCUT2D eigenvalue weighted by Crippen LogP contribution is 2.02. The lowest BCUT2D eigenvalue weighted by molar-refractivity contribution is 0.0576. The largest absolute Gasteiger partial charge is 0.382 e. The molecule has 0 saturated carbocycles. The van der Waals surface area contributed by atoms with Crippen molar-refractivity contribution in [2.75, 3.05) is 45.0 Å². The molecular weight excluding hydrogens is 254 g/mol. The van der Waals surface area contributed by atoms with Gasteiger partial charge < -0.3 is 14.8 Å². The molecule has 0 aliphatic carbocycles. The Bertz CT molecular complexity index is 280. The minimum absolute atomic E-state index is 0.221. The molecule has 110 valence electrons. The van der Waals surface area contributed by atoms with Gasteiger partial charge in [0.1, 0.15) is 9.84 Å². The number of sulfone groups is 1. The van der Waals surface area contributed by atoms with Crippen molar-refractivity contribution in [3.8, 4) is 0 Å². The number of likely N-dealkylation sites (N-methyl/N-ethyl adjacent to an activating group) is 1. The number of hydrogen-bond acceptors (Lipinski definition) is 5. The normalized spacial score (nSPS) is 13.7. The van der Waals surface area contributed by atoms with E-state index in [9.17, 15) is 8.42 Å². The minimum Gasteiger partial charge on any atom is -0.382 e. The Kier molecular flexibility index (Phi) is 10.6. The summed E-state index contributed by atoms with van der Waals surface area (Å²) in [5, 5.41) is 3.30. The number of methoxy groups -OCH3 is 1. The van der Waals surface area contributed by atoms with Gasteiger partial charge in [0.05, 0.1) is 25.6 Å². The van der Waals surface area contributed by atoms with E-state index >= 15 is 0 Å². The Labute approximate surface area is 111 Å². The molecule has 0 fully saturated rings. The molecule has 6 heteroatoms. The lowest BCUT2D eigenvalue weighted by Gasteiger charge is -2.17. The highest BCUT2D eigenvalue weighted by atomic mass is 32.2. The third-order valence-corrected chi connectivity index (χ3v) is 4.48. The Morgan fingerprint density at radius 2 is 1.94 bits per heavy atom. The van der Waals surface area contributed by atoms with Crippen molar-refractivity contribution in [3.63, 3.8) is 0 Å². The standard InChI is InChI=1S/C12H27NO4S/c1-4-13-12(11-17-9-8-16-3)7-6-10-18(14,15)5-2/h12-13H,4-11H2,1-3H3. The number of nitrogens with one attached hydrogen (secondary N) is 1. The molecule has 1 unspecified atom stereocenters. The molecular formula is C12H27NO4S. The molecule has 5 nitrogen and oxygen atoms in total. The molecule has 0 rings (SSSR count). The van der Waals surface area contributed by atoms with Gasteiger partial charge in [-0.15, -0.1) is 0 Å². The minimum atomic E-state index is -2.85. The molecule has 0 bridgehead atoms. The maximum atomic E-state index is 11.4. The smallest absolute Gasteiger partial charge is 0.150 e. The molecule has 1 N–H and O–H groups in total. The fourth-order valence-corrected chi connectivity index (χ4v) is 2.49. The average Bonchev–Trinajstić information content (AvgIpc) is 2.34. The third kappa shape index (κ3) is 9.82. The van der Waals surface area contributed by atoms with E-state index in [1.165, 1.54) is 0 Å². The van der Waals surface area contributed by atoms with E-state index in [0.29, 0.717) is 26.2 Å². The highest BCUT2D eigenvalue weighted by molar-refractivity contribution is 7.91. The Balaban J connectivity index is 3.82. The van der Waals surface area contributed by atoms with Crippen LogP contribution in [0.25, 0.3) is 0 Å². The average molecular weight is 281 g/mol. The molecule has 18 heavy (non-hydrogen) atoms. The van der Waals surface area contributed by atoms with Gasteiger partial charge in [0, 0.05) is 18.9 Å². The highest BCUT2D eigenvalue weighted by Gasteiger charge is 2.11. The number of hydrogen-bond donors (Lipinski definition) is 1. The summed E-state index contributed by atoms with van der Waals surface area (Å²) in [6, 6.07) is 0.221. The summed E-state index contributed by atoms with van der Waals surface area (Å²) in [6.45, 7) is 6.34. The van der Waals surface area contributed by atoms with Gasteiger partial charge in [-0.05, 0) is 19.4 Å². The van der Waals surface area contributed by atoms with Crippen molar-refractivity contribution in [2.24, 2.45) is 0 Å². The molecule has 0 radical (unpaired) electrons. The molecule has 0 spiro atoms. The topological polar surface area (TPSA) is 64.6 Å². The maximum absolute atomic E-state index is 11.4. The number of ether oxygens (including phenoxy) is 2. The monoisotopic (exact) mass is 281 g/mol. The lowest BCUT2D eigenvalue weighted by Crippen LogP contribution is -2.34. The van der Waals surface area contributed by atoms with Crippen LogP contribution < -0.4 is 5.32 Å². The summed E-state index contributed by atoms with van der Waals surface area (Å²) in [6.07, 6.45) is 1.50. The molecule has 0 aromatic rings. The molecule has 0 aliphatic heterocycles. The van der Waals surface area contributed by atoms with Gasteiger partial charge in [-0.25, -0.2) is 8.42 Å². The first-order valence-corrected chi connectivity index (χ1v) is 8.38. The van der Waals surface area contributed by atoms with Crippen LogP contribution in [0.3, 0.4) is 0 Å². The van der Waals surface area contributed by atoms with Gasteiger partial charge in [0.25, 0.3) is 0 Å². The van der Waals surface area contributed by atoms with E-state index in [2.05, 4.69) is 5.32 Å². The van der Waals surface area contributed by atoms with Crippen molar-refractivity contribution in [1.29, 1.82) is 0 Å². The third-order valence-electron chi connectivity index (χ3n) is 2.69. The molecule has 0 aromatic carbocycles. The zero-order chi connectivity index (χ0) is 13.9. The van der Waals surface area contributed by atoms with Crippen LogP contribution in [0.1, 0.15) is 26.7 Å². The van der Waals surface area contributed by atoms with E-state index in [1.54, 1.807) is 14.0 Å². The SMILES string of the molecule is CCNC(CCCS(=O)(=O)CC)COCCOC. The van der Waals surface area contributed by atoms with Gasteiger partial charge in [-0.2, -0.15) is 0 Å². The summed E-state index contributed by atoms with van der Waals surface area (Å²) in [4.78, 5) is 0. The Morgan fingerprint density at radius 1 is 1.22 bits per heavy atom. The van der Waals surface area contributed by atoms with Crippen LogP contribution in [0.4, 0.5) is 0 Å². The molecule has 0 aliphatic rings. The van der Waals surface area contributed by atoms with Gasteiger partial charge in [-0.1, -0.05) is 13.8 Å². The quantitative estimate of drug-likeness (QED) is 0.537. The van der Waals surface area contributed by atoms with Crippen LogP contribution in [0.5, 0.6) is 0 Å². The number of rotatable bonds is 12. The van der Waals surface area contributed by atoms with Crippen LogP contribution in [-0.2, 0) is 19.3 Å². The van der Waals surface area contributed by atoms with Crippen LogP contribution in [-0.4, -0.2) is 59.4 Å².